The van der Waals surface area contributed by atoms with Crippen molar-refractivity contribution in [3.8, 4) is 0 Å². The van der Waals surface area contributed by atoms with Gasteiger partial charge in [0.05, 0.1) is 25.2 Å². The Kier molecular flexibility index (Phi) is 4.13. The summed E-state index contributed by atoms with van der Waals surface area (Å²) < 4.78 is 0. The van der Waals surface area contributed by atoms with Gasteiger partial charge in [-0.2, -0.15) is 0 Å². The van der Waals surface area contributed by atoms with E-state index in [0.717, 1.165) is 28.2 Å². The molecule has 0 fully saturated rings. The second kappa shape index (κ2) is 6.67. The number of fused-ring (bicyclic) bond motifs is 2. The van der Waals surface area contributed by atoms with E-state index in [9.17, 15) is 4.79 Å². The Balaban J connectivity index is 1.49. The second-order valence-electron chi connectivity index (χ2n) is 7.59. The molecular weight excluding hydrogens is 366 g/mol. The predicted octanol–water partition coefficient (Wildman–Crippen LogP) is 4.20. The summed E-state index contributed by atoms with van der Waals surface area (Å²) in [6, 6.07) is 12.8. The van der Waals surface area contributed by atoms with Crippen molar-refractivity contribution in [3.63, 3.8) is 0 Å². The summed E-state index contributed by atoms with van der Waals surface area (Å²) in [4.78, 5) is 25.1. The van der Waals surface area contributed by atoms with Crippen molar-refractivity contribution < 1.29 is 4.79 Å². The highest BCUT2D eigenvalue weighted by atomic mass is 32.1. The Hall–Kier alpha value is -2.79. The maximum Gasteiger partial charge on any atom is 0.227 e. The van der Waals surface area contributed by atoms with Gasteiger partial charge in [-0.15, -0.1) is 11.3 Å². The van der Waals surface area contributed by atoms with Gasteiger partial charge in [0, 0.05) is 33.9 Å². The lowest BCUT2D eigenvalue weighted by Crippen LogP contribution is -2.35. The number of amides is 1. The van der Waals surface area contributed by atoms with Crippen molar-refractivity contribution in [3.05, 3.63) is 85.9 Å². The molecule has 0 spiro atoms. The number of carbonyl (C=O) groups is 1. The molecule has 4 nitrogen and oxygen atoms in total. The van der Waals surface area contributed by atoms with Crippen molar-refractivity contribution in [1.29, 1.82) is 0 Å². The molecule has 0 saturated carbocycles. The summed E-state index contributed by atoms with van der Waals surface area (Å²) in [5.41, 5.74) is 9.03. The Morgan fingerprint density at radius 2 is 1.89 bits per heavy atom. The first-order valence-corrected chi connectivity index (χ1v) is 10.4. The predicted molar refractivity (Wildman–Crippen MR) is 112 cm³/mol. The first-order valence-electron chi connectivity index (χ1n) is 9.52. The van der Waals surface area contributed by atoms with Crippen molar-refractivity contribution in [1.82, 2.24) is 9.88 Å². The summed E-state index contributed by atoms with van der Waals surface area (Å²) >= 11 is 1.70. The number of nitrogens with zero attached hydrogens (tertiary/aromatic N) is 3. The van der Waals surface area contributed by atoms with E-state index in [1.54, 1.807) is 11.3 Å². The Morgan fingerprint density at radius 1 is 1.07 bits per heavy atom. The van der Waals surface area contributed by atoms with E-state index >= 15 is 0 Å². The van der Waals surface area contributed by atoms with Crippen molar-refractivity contribution >= 4 is 23.0 Å². The van der Waals surface area contributed by atoms with Gasteiger partial charge in [-0.3, -0.25) is 14.8 Å². The number of pyridine rings is 1. The number of hydrogen-bond donors (Lipinski definition) is 0. The molecular formula is C23H21N3OS. The number of thiophene rings is 1. The summed E-state index contributed by atoms with van der Waals surface area (Å²) in [5, 5.41) is 2.06. The maximum absolute atomic E-state index is 12.6. The van der Waals surface area contributed by atoms with E-state index in [1.807, 2.05) is 24.8 Å². The zero-order valence-electron chi connectivity index (χ0n) is 16.0. The van der Waals surface area contributed by atoms with Gasteiger partial charge in [0.2, 0.25) is 5.91 Å². The van der Waals surface area contributed by atoms with E-state index in [1.165, 1.54) is 21.6 Å². The summed E-state index contributed by atoms with van der Waals surface area (Å²) in [7, 11) is 0. The lowest BCUT2D eigenvalue weighted by molar-refractivity contribution is -0.132. The lowest BCUT2D eigenvalue weighted by Gasteiger charge is -2.29. The maximum atomic E-state index is 12.6. The fourth-order valence-corrected chi connectivity index (χ4v) is 4.89. The molecule has 3 aromatic rings. The first kappa shape index (κ1) is 17.3. The highest BCUT2D eigenvalue weighted by molar-refractivity contribution is 7.09. The minimum atomic E-state index is 0.209. The van der Waals surface area contributed by atoms with Gasteiger partial charge >= 0.3 is 0 Å². The Morgan fingerprint density at radius 3 is 2.64 bits per heavy atom. The third kappa shape index (κ3) is 3.06. The number of aliphatic imine (C=N–C) groups is 1. The molecule has 140 valence electrons. The van der Waals surface area contributed by atoms with Crippen LogP contribution < -0.4 is 0 Å². The minimum absolute atomic E-state index is 0.209. The summed E-state index contributed by atoms with van der Waals surface area (Å²) in [6.45, 7) is 6.09. The van der Waals surface area contributed by atoms with Crippen LogP contribution in [0.2, 0.25) is 0 Å². The average molecular weight is 388 g/mol. The third-order valence-corrected chi connectivity index (χ3v) is 6.29. The quantitative estimate of drug-likeness (QED) is 0.676. The van der Waals surface area contributed by atoms with Crippen LogP contribution in [0.15, 0.2) is 46.8 Å². The highest BCUT2D eigenvalue weighted by Crippen LogP contribution is 2.31. The standard InChI is InChI=1S/C23H21N3OS/c1-14-6-17(7-15(2)25-14)23-21-9-19-12-26(13-20-4-3-5-28-20)22(27)10-16(19)8-18(21)11-24-23/h3-9H,10-13H2,1-2H3. The molecule has 0 atom stereocenters. The third-order valence-electron chi connectivity index (χ3n) is 5.43. The molecule has 1 aromatic carbocycles. The van der Waals surface area contributed by atoms with Crippen LogP contribution in [0.25, 0.3) is 0 Å². The molecule has 2 aromatic heterocycles. The van der Waals surface area contributed by atoms with Gasteiger partial charge in [-0.05, 0) is 60.2 Å². The normalized spacial score (nSPS) is 15.4. The monoisotopic (exact) mass is 387 g/mol. The fourth-order valence-electron chi connectivity index (χ4n) is 4.17. The molecule has 0 saturated heterocycles. The second-order valence-corrected chi connectivity index (χ2v) is 8.62. The number of benzene rings is 1. The van der Waals surface area contributed by atoms with E-state index in [4.69, 9.17) is 4.99 Å². The minimum Gasteiger partial charge on any atom is -0.333 e. The number of carbonyl (C=O) groups excluding carboxylic acids is 1. The average Bonchev–Trinajstić information content (AvgIpc) is 3.29. The molecule has 2 aliphatic rings. The molecule has 2 aliphatic heterocycles. The van der Waals surface area contributed by atoms with Gasteiger partial charge in [0.25, 0.3) is 0 Å². The molecule has 1 amide bonds. The molecule has 0 bridgehead atoms. The van der Waals surface area contributed by atoms with Gasteiger partial charge in [-0.25, -0.2) is 0 Å². The molecule has 0 radical (unpaired) electrons. The molecule has 0 aliphatic carbocycles. The Labute approximate surface area is 168 Å². The molecule has 28 heavy (non-hydrogen) atoms. The molecule has 0 unspecified atom stereocenters. The summed E-state index contributed by atoms with van der Waals surface area (Å²) in [5.74, 6) is 0.209. The smallest absolute Gasteiger partial charge is 0.227 e. The van der Waals surface area contributed by atoms with Crippen LogP contribution in [0.4, 0.5) is 0 Å². The number of hydrogen-bond acceptors (Lipinski definition) is 4. The van der Waals surface area contributed by atoms with Crippen LogP contribution in [0, 0.1) is 13.8 Å². The molecule has 4 heterocycles. The number of rotatable bonds is 3. The zero-order valence-corrected chi connectivity index (χ0v) is 16.8. The lowest BCUT2D eigenvalue weighted by atomic mass is 9.91. The molecule has 5 rings (SSSR count). The van der Waals surface area contributed by atoms with E-state index in [2.05, 4.69) is 40.7 Å². The van der Waals surface area contributed by atoms with Crippen LogP contribution in [-0.2, 0) is 30.8 Å². The van der Waals surface area contributed by atoms with E-state index in [0.29, 0.717) is 26.1 Å². The van der Waals surface area contributed by atoms with Crippen molar-refractivity contribution in [2.45, 2.75) is 39.9 Å². The van der Waals surface area contributed by atoms with Crippen LogP contribution in [-0.4, -0.2) is 21.5 Å². The van der Waals surface area contributed by atoms with Gasteiger partial charge in [0.15, 0.2) is 0 Å². The molecule has 0 N–H and O–H groups in total. The van der Waals surface area contributed by atoms with Gasteiger partial charge < -0.3 is 4.90 Å². The van der Waals surface area contributed by atoms with Crippen LogP contribution in [0.3, 0.4) is 0 Å². The van der Waals surface area contributed by atoms with Gasteiger partial charge in [0.1, 0.15) is 0 Å². The largest absolute Gasteiger partial charge is 0.333 e. The molecule has 5 heteroatoms. The number of aromatic nitrogens is 1. The van der Waals surface area contributed by atoms with E-state index < -0.39 is 0 Å². The number of aryl methyl sites for hydroxylation is 2. The van der Waals surface area contributed by atoms with Crippen LogP contribution >= 0.6 is 11.3 Å². The summed E-state index contributed by atoms with van der Waals surface area (Å²) in [6.07, 6.45) is 0.483. The topological polar surface area (TPSA) is 45.6 Å². The van der Waals surface area contributed by atoms with Crippen LogP contribution in [0.1, 0.15) is 44.1 Å². The highest BCUT2D eigenvalue weighted by Gasteiger charge is 2.27. The van der Waals surface area contributed by atoms with E-state index in [-0.39, 0.29) is 5.91 Å². The fraction of sp³-hybridized carbons (Fsp3) is 0.261. The van der Waals surface area contributed by atoms with Crippen molar-refractivity contribution in [2.75, 3.05) is 0 Å². The van der Waals surface area contributed by atoms with Crippen molar-refractivity contribution in [2.24, 2.45) is 4.99 Å². The van der Waals surface area contributed by atoms with Crippen LogP contribution in [0.5, 0.6) is 0 Å². The SMILES string of the molecule is Cc1cc(C2=NCc3cc4c(cc32)CN(Cc2cccs2)C(=O)C4)cc(C)n1. The Bertz CT molecular complexity index is 1090. The zero-order chi connectivity index (χ0) is 19.3. The van der Waals surface area contributed by atoms with Gasteiger partial charge in [-0.1, -0.05) is 12.1 Å². The first-order chi connectivity index (χ1) is 13.6.